The van der Waals surface area contributed by atoms with Gasteiger partial charge in [-0.15, -0.1) is 0 Å². The van der Waals surface area contributed by atoms with Gasteiger partial charge >= 0.3 is 0 Å². The maximum absolute atomic E-state index is 12.0. The Morgan fingerprint density at radius 3 is 2.61 bits per heavy atom. The molecule has 6 nitrogen and oxygen atoms in total. The molecular formula is C11H20N4O2S. The summed E-state index contributed by atoms with van der Waals surface area (Å²) in [6, 6.07) is 2.82. The van der Waals surface area contributed by atoms with Gasteiger partial charge < -0.3 is 5.43 Å². The van der Waals surface area contributed by atoms with Crippen molar-refractivity contribution in [1.82, 2.24) is 9.71 Å². The molecule has 0 spiro atoms. The lowest BCUT2D eigenvalue weighted by Gasteiger charge is -2.18. The number of hydrogen-bond acceptors (Lipinski definition) is 5. The summed E-state index contributed by atoms with van der Waals surface area (Å²) in [6.07, 6.45) is 2.16. The molecule has 1 aromatic heterocycles. The molecule has 1 heterocycles. The number of nitrogens with two attached hydrogens (primary N) is 1. The Labute approximate surface area is 108 Å². The average Bonchev–Trinajstić information content (AvgIpc) is 2.27. The highest BCUT2D eigenvalue weighted by atomic mass is 32.2. The molecule has 0 aliphatic carbocycles. The zero-order valence-electron chi connectivity index (χ0n) is 10.9. The van der Waals surface area contributed by atoms with E-state index in [9.17, 15) is 8.42 Å². The molecule has 0 aromatic carbocycles. The molecule has 0 saturated carbocycles. The molecule has 1 rings (SSSR count). The smallest absolute Gasteiger partial charge is 0.240 e. The van der Waals surface area contributed by atoms with Crippen molar-refractivity contribution in [1.29, 1.82) is 0 Å². The van der Waals surface area contributed by atoms with Crippen LogP contribution in [0.25, 0.3) is 0 Å². The number of aromatic nitrogens is 1. The third-order valence-corrected chi connectivity index (χ3v) is 3.82. The number of nitrogens with zero attached hydrogens (tertiary/aromatic N) is 1. The van der Waals surface area contributed by atoms with Gasteiger partial charge in [-0.2, -0.15) is 0 Å². The van der Waals surface area contributed by atoms with E-state index in [0.717, 1.165) is 6.42 Å². The molecule has 1 aromatic rings. The van der Waals surface area contributed by atoms with E-state index in [1.807, 2.05) is 0 Å². The highest BCUT2D eigenvalue weighted by Crippen LogP contribution is 2.18. The molecule has 0 radical (unpaired) electrons. The molecule has 0 amide bonds. The molecule has 7 heteroatoms. The predicted molar refractivity (Wildman–Crippen MR) is 71.3 cm³/mol. The third-order valence-electron chi connectivity index (χ3n) is 2.36. The van der Waals surface area contributed by atoms with Gasteiger partial charge in [0.2, 0.25) is 10.0 Å². The van der Waals surface area contributed by atoms with Gasteiger partial charge in [-0.25, -0.2) is 24.0 Å². The first-order valence-corrected chi connectivity index (χ1v) is 7.15. The Bertz CT molecular complexity index is 494. The lowest BCUT2D eigenvalue weighted by molar-refractivity contribution is 0.378. The number of nitrogen functional groups attached to an aromatic ring is 1. The van der Waals surface area contributed by atoms with Crippen molar-refractivity contribution in [2.45, 2.75) is 32.1 Å². The minimum Gasteiger partial charge on any atom is -0.308 e. The standard InChI is InChI=1S/C11H20N4O2S/c1-11(2,3)5-7-14-18(16,17)9-4-6-13-10(8-9)15-12/h4,6,8,14H,5,7,12H2,1-3H3,(H,13,15). The summed E-state index contributed by atoms with van der Waals surface area (Å²) in [7, 11) is -3.50. The van der Waals surface area contributed by atoms with Crippen LogP contribution >= 0.6 is 0 Å². The van der Waals surface area contributed by atoms with Crippen LogP contribution in [0.4, 0.5) is 5.82 Å². The zero-order valence-corrected chi connectivity index (χ0v) is 11.7. The molecule has 0 unspecified atom stereocenters. The predicted octanol–water partition coefficient (Wildman–Crippen LogP) is 1.08. The van der Waals surface area contributed by atoms with Gasteiger partial charge in [-0.05, 0) is 17.9 Å². The summed E-state index contributed by atoms with van der Waals surface area (Å²) < 4.78 is 26.5. The van der Waals surface area contributed by atoms with Crippen molar-refractivity contribution in [2.75, 3.05) is 12.0 Å². The Hall–Kier alpha value is -1.18. The average molecular weight is 272 g/mol. The summed E-state index contributed by atoms with van der Waals surface area (Å²) in [4.78, 5) is 4.01. The van der Waals surface area contributed by atoms with Gasteiger partial charge in [0.1, 0.15) is 5.82 Å². The monoisotopic (exact) mass is 272 g/mol. The molecule has 0 bridgehead atoms. The van der Waals surface area contributed by atoms with Crippen LogP contribution in [0.5, 0.6) is 0 Å². The minimum absolute atomic E-state index is 0.0880. The first-order chi connectivity index (χ1) is 8.24. The SMILES string of the molecule is CC(C)(C)CCNS(=O)(=O)c1ccnc(NN)c1. The second kappa shape index (κ2) is 5.64. The molecule has 102 valence electrons. The van der Waals surface area contributed by atoms with Gasteiger partial charge in [-0.1, -0.05) is 20.8 Å². The van der Waals surface area contributed by atoms with Crippen LogP contribution in [-0.2, 0) is 10.0 Å². The van der Waals surface area contributed by atoms with Crippen molar-refractivity contribution >= 4 is 15.8 Å². The molecule has 4 N–H and O–H groups in total. The number of pyridine rings is 1. The van der Waals surface area contributed by atoms with Gasteiger partial charge in [0.05, 0.1) is 4.90 Å². The van der Waals surface area contributed by atoms with Gasteiger partial charge in [0, 0.05) is 18.8 Å². The second-order valence-electron chi connectivity index (χ2n) is 5.23. The highest BCUT2D eigenvalue weighted by molar-refractivity contribution is 7.89. The Morgan fingerprint density at radius 2 is 2.06 bits per heavy atom. The van der Waals surface area contributed by atoms with E-state index in [1.54, 1.807) is 0 Å². The molecule has 0 aliphatic heterocycles. The number of sulfonamides is 1. The van der Waals surface area contributed by atoms with E-state index in [4.69, 9.17) is 5.84 Å². The molecule has 0 saturated heterocycles. The fourth-order valence-electron chi connectivity index (χ4n) is 1.30. The van der Waals surface area contributed by atoms with Crippen LogP contribution < -0.4 is 16.0 Å². The van der Waals surface area contributed by atoms with Crippen LogP contribution in [0.15, 0.2) is 23.2 Å². The molecular weight excluding hydrogens is 252 g/mol. The van der Waals surface area contributed by atoms with E-state index < -0.39 is 10.0 Å². The second-order valence-corrected chi connectivity index (χ2v) is 7.00. The van der Waals surface area contributed by atoms with E-state index in [2.05, 4.69) is 35.9 Å². The zero-order chi connectivity index (χ0) is 13.8. The van der Waals surface area contributed by atoms with Crippen LogP contribution in [0, 0.1) is 5.41 Å². The molecule has 0 atom stereocenters. The largest absolute Gasteiger partial charge is 0.308 e. The van der Waals surface area contributed by atoms with Crippen molar-refractivity contribution in [3.8, 4) is 0 Å². The first kappa shape index (κ1) is 14.9. The maximum Gasteiger partial charge on any atom is 0.240 e. The van der Waals surface area contributed by atoms with Crippen LogP contribution in [0.1, 0.15) is 27.2 Å². The number of nitrogens with one attached hydrogen (secondary N) is 2. The maximum atomic E-state index is 12.0. The number of hydrazine groups is 1. The Balaban J connectivity index is 2.74. The minimum atomic E-state index is -3.50. The molecule has 18 heavy (non-hydrogen) atoms. The molecule has 0 aliphatic rings. The summed E-state index contributed by atoms with van der Waals surface area (Å²) in [6.45, 7) is 6.58. The van der Waals surface area contributed by atoms with Gasteiger partial charge in [0.15, 0.2) is 0 Å². The number of anilines is 1. The fraction of sp³-hybridized carbons (Fsp3) is 0.545. The Morgan fingerprint density at radius 1 is 1.39 bits per heavy atom. The van der Waals surface area contributed by atoms with E-state index in [1.165, 1.54) is 18.3 Å². The number of hydrogen-bond donors (Lipinski definition) is 3. The normalized spacial score (nSPS) is 12.4. The summed E-state index contributed by atoms with van der Waals surface area (Å²) >= 11 is 0. The number of rotatable bonds is 5. The summed E-state index contributed by atoms with van der Waals surface area (Å²) in [5, 5.41) is 0. The lowest BCUT2D eigenvalue weighted by atomic mass is 9.93. The topological polar surface area (TPSA) is 97.1 Å². The highest BCUT2D eigenvalue weighted by Gasteiger charge is 2.16. The molecule has 0 fully saturated rings. The lowest BCUT2D eigenvalue weighted by Crippen LogP contribution is -2.27. The quantitative estimate of drug-likeness (QED) is 0.550. The van der Waals surface area contributed by atoms with Crippen LogP contribution in [0.3, 0.4) is 0 Å². The van der Waals surface area contributed by atoms with Crippen molar-refractivity contribution in [3.63, 3.8) is 0 Å². The third kappa shape index (κ3) is 4.59. The van der Waals surface area contributed by atoms with E-state index >= 15 is 0 Å². The summed E-state index contributed by atoms with van der Waals surface area (Å²) in [5.41, 5.74) is 2.40. The van der Waals surface area contributed by atoms with Crippen LogP contribution in [0.2, 0.25) is 0 Å². The van der Waals surface area contributed by atoms with E-state index in [0.29, 0.717) is 12.4 Å². The van der Waals surface area contributed by atoms with Crippen molar-refractivity contribution < 1.29 is 8.42 Å². The Kier molecular flexibility index (Phi) is 4.66. The van der Waals surface area contributed by atoms with Crippen molar-refractivity contribution in [3.05, 3.63) is 18.3 Å². The first-order valence-electron chi connectivity index (χ1n) is 5.67. The fourth-order valence-corrected chi connectivity index (χ4v) is 2.35. The van der Waals surface area contributed by atoms with Gasteiger partial charge in [-0.3, -0.25) is 0 Å². The van der Waals surface area contributed by atoms with E-state index in [-0.39, 0.29) is 10.3 Å². The summed E-state index contributed by atoms with van der Waals surface area (Å²) in [5.74, 6) is 5.51. The van der Waals surface area contributed by atoms with Gasteiger partial charge in [0.25, 0.3) is 0 Å². The van der Waals surface area contributed by atoms with Crippen molar-refractivity contribution in [2.24, 2.45) is 11.3 Å². The van der Waals surface area contributed by atoms with Crippen LogP contribution in [-0.4, -0.2) is 19.9 Å².